The van der Waals surface area contributed by atoms with Gasteiger partial charge in [-0.3, -0.25) is 9.80 Å². The number of rotatable bonds is 3. The van der Waals surface area contributed by atoms with Crippen LogP contribution in [0.25, 0.3) is 0 Å². The fourth-order valence-corrected chi connectivity index (χ4v) is 5.67. The number of aryl methyl sites for hydroxylation is 1. The summed E-state index contributed by atoms with van der Waals surface area (Å²) in [6.45, 7) is 12.6. The van der Waals surface area contributed by atoms with E-state index in [1.54, 1.807) is 0 Å². The Balaban J connectivity index is 1.19. The molecule has 3 heterocycles. The molecule has 4 heteroatoms. The molecule has 1 aliphatic carbocycles. The van der Waals surface area contributed by atoms with Crippen molar-refractivity contribution in [3.05, 3.63) is 29.3 Å². The van der Waals surface area contributed by atoms with Gasteiger partial charge in [-0.1, -0.05) is 12.1 Å². The molecule has 0 N–H and O–H groups in total. The zero-order chi connectivity index (χ0) is 18.4. The van der Waals surface area contributed by atoms with Gasteiger partial charge in [0, 0.05) is 56.5 Å². The van der Waals surface area contributed by atoms with Gasteiger partial charge < -0.3 is 9.64 Å². The van der Waals surface area contributed by atoms with E-state index in [2.05, 4.69) is 46.7 Å². The quantitative estimate of drug-likeness (QED) is 0.815. The number of benzene rings is 1. The molecule has 3 saturated heterocycles. The van der Waals surface area contributed by atoms with Crippen molar-refractivity contribution in [2.45, 2.75) is 57.7 Å². The smallest absolute Gasteiger partial charge is 0.0635 e. The molecule has 148 valence electrons. The van der Waals surface area contributed by atoms with Crippen LogP contribution in [0.3, 0.4) is 0 Å². The SMILES string of the molecule is Cc1cccc(N2CCC(N3CCN4[C@@H](COC[C@@H]4C4CC4)C3)CC2)c1C. The van der Waals surface area contributed by atoms with Crippen LogP contribution < -0.4 is 4.90 Å². The fraction of sp³-hybridized carbons (Fsp3) is 0.739. The first kappa shape index (κ1) is 18.0. The van der Waals surface area contributed by atoms with Gasteiger partial charge in [0.15, 0.2) is 0 Å². The number of piperazine rings is 1. The second-order valence-electron chi connectivity index (χ2n) is 9.27. The number of fused-ring (bicyclic) bond motifs is 1. The molecular weight excluding hydrogens is 334 g/mol. The molecule has 1 aromatic rings. The van der Waals surface area contributed by atoms with Crippen molar-refractivity contribution in [3.8, 4) is 0 Å². The van der Waals surface area contributed by atoms with Crippen molar-refractivity contribution in [1.29, 1.82) is 0 Å². The highest BCUT2D eigenvalue weighted by Gasteiger charge is 2.43. The average molecular weight is 370 g/mol. The normalized spacial score (nSPS) is 31.1. The first-order valence-electron chi connectivity index (χ1n) is 11.1. The van der Waals surface area contributed by atoms with Crippen molar-refractivity contribution < 1.29 is 4.74 Å². The van der Waals surface area contributed by atoms with E-state index in [4.69, 9.17) is 4.74 Å². The maximum Gasteiger partial charge on any atom is 0.0635 e. The van der Waals surface area contributed by atoms with E-state index in [9.17, 15) is 0 Å². The molecule has 1 saturated carbocycles. The second-order valence-corrected chi connectivity index (χ2v) is 9.27. The largest absolute Gasteiger partial charge is 0.378 e. The first-order chi connectivity index (χ1) is 13.2. The Morgan fingerprint density at radius 1 is 0.889 bits per heavy atom. The number of ether oxygens (including phenoxy) is 1. The molecule has 0 bridgehead atoms. The molecule has 4 aliphatic rings. The Hall–Kier alpha value is -1.10. The Labute approximate surface area is 164 Å². The third-order valence-corrected chi connectivity index (χ3v) is 7.65. The van der Waals surface area contributed by atoms with Crippen LogP contribution in [0.2, 0.25) is 0 Å². The van der Waals surface area contributed by atoms with Gasteiger partial charge >= 0.3 is 0 Å². The van der Waals surface area contributed by atoms with E-state index in [1.807, 2.05) is 0 Å². The van der Waals surface area contributed by atoms with Crippen LogP contribution in [0.4, 0.5) is 5.69 Å². The van der Waals surface area contributed by atoms with Crippen molar-refractivity contribution in [2.75, 3.05) is 50.8 Å². The van der Waals surface area contributed by atoms with E-state index in [-0.39, 0.29) is 0 Å². The monoisotopic (exact) mass is 369 g/mol. The maximum absolute atomic E-state index is 6.01. The molecule has 0 amide bonds. The number of morpholine rings is 1. The third kappa shape index (κ3) is 3.52. The highest BCUT2D eigenvalue weighted by molar-refractivity contribution is 5.56. The van der Waals surface area contributed by atoms with Gasteiger partial charge in [0.25, 0.3) is 0 Å². The van der Waals surface area contributed by atoms with Gasteiger partial charge in [-0.25, -0.2) is 0 Å². The molecule has 5 rings (SSSR count). The molecule has 1 aromatic carbocycles. The zero-order valence-corrected chi connectivity index (χ0v) is 17.1. The lowest BCUT2D eigenvalue weighted by molar-refractivity contribution is -0.0939. The summed E-state index contributed by atoms with van der Waals surface area (Å²) in [5.74, 6) is 0.931. The van der Waals surface area contributed by atoms with Crippen LogP contribution in [0.1, 0.15) is 36.8 Å². The fourth-order valence-electron chi connectivity index (χ4n) is 5.67. The number of anilines is 1. The summed E-state index contributed by atoms with van der Waals surface area (Å²) in [4.78, 5) is 8.21. The summed E-state index contributed by atoms with van der Waals surface area (Å²) in [5.41, 5.74) is 4.31. The van der Waals surface area contributed by atoms with Crippen LogP contribution in [-0.2, 0) is 4.74 Å². The van der Waals surface area contributed by atoms with Crippen LogP contribution in [0.15, 0.2) is 18.2 Å². The van der Waals surface area contributed by atoms with Crippen molar-refractivity contribution in [1.82, 2.24) is 9.80 Å². The number of nitrogens with zero attached hydrogens (tertiary/aromatic N) is 3. The van der Waals surface area contributed by atoms with Gasteiger partial charge in [-0.2, -0.15) is 0 Å². The predicted octanol–water partition coefficient (Wildman–Crippen LogP) is 3.07. The number of hydrogen-bond donors (Lipinski definition) is 0. The van der Waals surface area contributed by atoms with Crippen molar-refractivity contribution >= 4 is 5.69 Å². The van der Waals surface area contributed by atoms with Crippen LogP contribution >= 0.6 is 0 Å². The first-order valence-corrected chi connectivity index (χ1v) is 11.1. The van der Waals surface area contributed by atoms with Crippen LogP contribution in [0, 0.1) is 19.8 Å². The van der Waals surface area contributed by atoms with E-state index < -0.39 is 0 Å². The lowest BCUT2D eigenvalue weighted by Crippen LogP contribution is -2.64. The van der Waals surface area contributed by atoms with Crippen molar-refractivity contribution in [3.63, 3.8) is 0 Å². The average Bonchev–Trinajstić information content (AvgIpc) is 3.55. The summed E-state index contributed by atoms with van der Waals surface area (Å²) < 4.78 is 6.01. The van der Waals surface area contributed by atoms with E-state index in [1.165, 1.54) is 75.2 Å². The van der Waals surface area contributed by atoms with Gasteiger partial charge in [0.2, 0.25) is 0 Å². The molecule has 2 atom stereocenters. The van der Waals surface area contributed by atoms with Gasteiger partial charge in [-0.05, 0) is 62.6 Å². The minimum atomic E-state index is 0.634. The predicted molar refractivity (Wildman–Crippen MR) is 111 cm³/mol. The van der Waals surface area contributed by atoms with Gasteiger partial charge in [0.1, 0.15) is 0 Å². The van der Waals surface area contributed by atoms with Crippen molar-refractivity contribution in [2.24, 2.45) is 5.92 Å². The Bertz CT molecular complexity index is 666. The zero-order valence-electron chi connectivity index (χ0n) is 17.1. The standard InChI is InChI=1S/C23H35N3O/c1-17-4-3-5-22(18(17)2)24-10-8-20(9-11-24)25-12-13-26-21(14-25)15-27-16-23(26)19-6-7-19/h3-5,19-21,23H,6-16H2,1-2H3/t21-,23-/m1/s1. The summed E-state index contributed by atoms with van der Waals surface area (Å²) >= 11 is 0. The molecule has 4 fully saturated rings. The molecule has 0 spiro atoms. The molecule has 0 radical (unpaired) electrons. The topological polar surface area (TPSA) is 19.0 Å². The van der Waals surface area contributed by atoms with Crippen LogP contribution in [0.5, 0.6) is 0 Å². The Morgan fingerprint density at radius 2 is 1.70 bits per heavy atom. The maximum atomic E-state index is 6.01. The van der Waals surface area contributed by atoms with Gasteiger partial charge in [0.05, 0.1) is 13.2 Å². The van der Waals surface area contributed by atoms with E-state index in [0.717, 1.165) is 31.2 Å². The summed E-state index contributed by atoms with van der Waals surface area (Å²) in [5, 5.41) is 0. The minimum Gasteiger partial charge on any atom is -0.378 e. The van der Waals surface area contributed by atoms with Gasteiger partial charge in [-0.15, -0.1) is 0 Å². The molecule has 3 aliphatic heterocycles. The number of hydrogen-bond acceptors (Lipinski definition) is 4. The summed E-state index contributed by atoms with van der Waals surface area (Å²) in [6.07, 6.45) is 5.45. The number of piperidine rings is 1. The van der Waals surface area contributed by atoms with Crippen LogP contribution in [-0.4, -0.2) is 73.9 Å². The molecule has 27 heavy (non-hydrogen) atoms. The second kappa shape index (κ2) is 7.38. The van der Waals surface area contributed by atoms with E-state index >= 15 is 0 Å². The molecule has 0 aromatic heterocycles. The molecule has 4 nitrogen and oxygen atoms in total. The lowest BCUT2D eigenvalue weighted by Gasteiger charge is -2.51. The molecular formula is C23H35N3O. The summed E-state index contributed by atoms with van der Waals surface area (Å²) in [6, 6.07) is 8.86. The lowest BCUT2D eigenvalue weighted by atomic mass is 9.97. The third-order valence-electron chi connectivity index (χ3n) is 7.65. The van der Waals surface area contributed by atoms with E-state index in [0.29, 0.717) is 6.04 Å². The summed E-state index contributed by atoms with van der Waals surface area (Å²) in [7, 11) is 0. The Morgan fingerprint density at radius 3 is 2.48 bits per heavy atom. The Kier molecular flexibility index (Phi) is 4.91. The minimum absolute atomic E-state index is 0.634. The highest BCUT2D eigenvalue weighted by atomic mass is 16.5. The highest BCUT2D eigenvalue weighted by Crippen LogP contribution is 2.38. The molecule has 0 unspecified atom stereocenters.